The number of benzene rings is 1. The molecule has 0 amide bonds. The van der Waals surface area contributed by atoms with Crippen molar-refractivity contribution < 1.29 is 9.13 Å². The Hall–Kier alpha value is -1.13. The molecule has 3 nitrogen and oxygen atoms in total. The second-order valence-corrected chi connectivity index (χ2v) is 5.39. The predicted octanol–water partition coefficient (Wildman–Crippen LogP) is 3.04. The van der Waals surface area contributed by atoms with E-state index in [1.54, 1.807) is 6.07 Å². The Morgan fingerprint density at radius 1 is 1.35 bits per heavy atom. The molecule has 0 unspecified atom stereocenters. The van der Waals surface area contributed by atoms with Crippen LogP contribution in [0.25, 0.3) is 0 Å². The Morgan fingerprint density at radius 3 is 2.75 bits per heavy atom. The molecule has 0 bridgehead atoms. The molecule has 0 aromatic heterocycles. The molecule has 0 fully saturated rings. The molecule has 0 aliphatic rings. The lowest BCUT2D eigenvalue weighted by molar-refractivity contribution is 0.154. The molecule has 1 N–H and O–H groups in total. The van der Waals surface area contributed by atoms with Gasteiger partial charge in [-0.1, -0.05) is 26.0 Å². The minimum Gasteiger partial charge on any atom is -0.380 e. The maximum atomic E-state index is 14.1. The average Bonchev–Trinajstić information content (AvgIpc) is 2.38. The molecule has 1 rings (SSSR count). The molecule has 0 radical (unpaired) electrons. The monoisotopic (exact) mass is 282 g/mol. The van der Waals surface area contributed by atoms with Gasteiger partial charge in [-0.05, 0) is 31.0 Å². The van der Waals surface area contributed by atoms with Crippen molar-refractivity contribution in [1.29, 1.82) is 0 Å². The first kappa shape index (κ1) is 16.9. The number of hydrogen-bond acceptors (Lipinski definition) is 3. The van der Waals surface area contributed by atoms with Crippen molar-refractivity contribution in [2.24, 2.45) is 5.92 Å². The van der Waals surface area contributed by atoms with Crippen molar-refractivity contribution in [2.75, 3.05) is 38.3 Å². The molecule has 0 heterocycles. The average molecular weight is 282 g/mol. The third-order valence-electron chi connectivity index (χ3n) is 3.10. The summed E-state index contributed by atoms with van der Waals surface area (Å²) in [7, 11) is 1.91. The summed E-state index contributed by atoms with van der Waals surface area (Å²) in [5.74, 6) is 0.413. The standard InChI is InChI=1S/C16H27FN2O/c1-5-20-10-9-19(4)16-14(7-6-8-15(16)17)12-18-11-13(2)3/h6-8,13,18H,5,9-12H2,1-4H3. The summed E-state index contributed by atoms with van der Waals surface area (Å²) in [6.07, 6.45) is 0. The smallest absolute Gasteiger partial charge is 0.146 e. The van der Waals surface area contributed by atoms with Crippen LogP contribution >= 0.6 is 0 Å². The predicted molar refractivity (Wildman–Crippen MR) is 82.7 cm³/mol. The van der Waals surface area contributed by atoms with Crippen LogP contribution in [0.1, 0.15) is 26.3 Å². The van der Waals surface area contributed by atoms with E-state index in [9.17, 15) is 4.39 Å². The van der Waals surface area contributed by atoms with Gasteiger partial charge in [-0.2, -0.15) is 0 Å². The highest BCUT2D eigenvalue weighted by atomic mass is 19.1. The van der Waals surface area contributed by atoms with Gasteiger partial charge in [-0.25, -0.2) is 4.39 Å². The van der Waals surface area contributed by atoms with Crippen LogP contribution in [0.2, 0.25) is 0 Å². The second-order valence-electron chi connectivity index (χ2n) is 5.39. The lowest BCUT2D eigenvalue weighted by atomic mass is 10.1. The lowest BCUT2D eigenvalue weighted by Crippen LogP contribution is -2.26. The van der Waals surface area contributed by atoms with Crippen molar-refractivity contribution in [3.63, 3.8) is 0 Å². The second kappa shape index (κ2) is 8.93. The fourth-order valence-corrected chi connectivity index (χ4v) is 2.08. The van der Waals surface area contributed by atoms with Gasteiger partial charge >= 0.3 is 0 Å². The molecule has 1 aromatic carbocycles. The van der Waals surface area contributed by atoms with Gasteiger partial charge in [0, 0.05) is 26.7 Å². The summed E-state index contributed by atoms with van der Waals surface area (Å²) >= 11 is 0. The van der Waals surface area contributed by atoms with Crippen molar-refractivity contribution in [1.82, 2.24) is 5.32 Å². The molecule has 0 saturated carbocycles. The molecule has 20 heavy (non-hydrogen) atoms. The van der Waals surface area contributed by atoms with Crippen molar-refractivity contribution in [3.05, 3.63) is 29.6 Å². The summed E-state index contributed by atoms with van der Waals surface area (Å²) < 4.78 is 19.4. The fraction of sp³-hybridized carbons (Fsp3) is 0.625. The SMILES string of the molecule is CCOCCN(C)c1c(F)cccc1CNCC(C)C. The van der Waals surface area contributed by atoms with Crippen molar-refractivity contribution >= 4 is 5.69 Å². The lowest BCUT2D eigenvalue weighted by Gasteiger charge is -2.23. The van der Waals surface area contributed by atoms with E-state index in [-0.39, 0.29) is 5.82 Å². The number of halogens is 1. The molecule has 0 atom stereocenters. The van der Waals surface area contributed by atoms with E-state index >= 15 is 0 Å². The quantitative estimate of drug-likeness (QED) is 0.705. The van der Waals surface area contributed by atoms with Crippen LogP contribution in [-0.4, -0.2) is 33.4 Å². The summed E-state index contributed by atoms with van der Waals surface area (Å²) in [5, 5.41) is 3.37. The number of anilines is 1. The maximum absolute atomic E-state index is 14.1. The first-order valence-corrected chi connectivity index (χ1v) is 7.33. The normalized spacial score (nSPS) is 11.1. The van der Waals surface area contributed by atoms with Gasteiger partial charge in [0.2, 0.25) is 0 Å². The van der Waals surface area contributed by atoms with Crippen LogP contribution in [-0.2, 0) is 11.3 Å². The Labute approximate surface area is 122 Å². The van der Waals surface area contributed by atoms with E-state index in [4.69, 9.17) is 4.74 Å². The third-order valence-corrected chi connectivity index (χ3v) is 3.10. The molecule has 0 saturated heterocycles. The van der Waals surface area contributed by atoms with Crippen LogP contribution < -0.4 is 10.2 Å². The maximum Gasteiger partial charge on any atom is 0.146 e. The highest BCUT2D eigenvalue weighted by molar-refractivity contribution is 5.54. The topological polar surface area (TPSA) is 24.5 Å². The van der Waals surface area contributed by atoms with Gasteiger partial charge < -0.3 is 15.0 Å². The van der Waals surface area contributed by atoms with E-state index in [1.807, 2.05) is 24.9 Å². The van der Waals surface area contributed by atoms with Gasteiger partial charge in [-0.15, -0.1) is 0 Å². The van der Waals surface area contributed by atoms with Crippen molar-refractivity contribution in [2.45, 2.75) is 27.3 Å². The van der Waals surface area contributed by atoms with E-state index < -0.39 is 0 Å². The number of para-hydroxylation sites is 1. The summed E-state index contributed by atoms with van der Waals surface area (Å²) in [5.41, 5.74) is 1.66. The zero-order valence-corrected chi connectivity index (χ0v) is 13.1. The molecule has 114 valence electrons. The Balaban J connectivity index is 2.71. The number of likely N-dealkylation sites (N-methyl/N-ethyl adjacent to an activating group) is 1. The summed E-state index contributed by atoms with van der Waals surface area (Å²) in [4.78, 5) is 1.93. The van der Waals surface area contributed by atoms with Crippen LogP contribution in [0, 0.1) is 11.7 Å². The Kier molecular flexibility index (Phi) is 7.55. The highest BCUT2D eigenvalue weighted by Crippen LogP contribution is 2.23. The molecular weight excluding hydrogens is 255 g/mol. The van der Waals surface area contributed by atoms with Gasteiger partial charge in [0.15, 0.2) is 0 Å². The van der Waals surface area contributed by atoms with Gasteiger partial charge in [0.1, 0.15) is 5.82 Å². The Morgan fingerprint density at radius 2 is 2.10 bits per heavy atom. The van der Waals surface area contributed by atoms with Crippen LogP contribution in [0.5, 0.6) is 0 Å². The largest absolute Gasteiger partial charge is 0.380 e. The third kappa shape index (κ3) is 5.47. The number of hydrogen-bond donors (Lipinski definition) is 1. The zero-order chi connectivity index (χ0) is 15.0. The fourth-order valence-electron chi connectivity index (χ4n) is 2.08. The van der Waals surface area contributed by atoms with E-state index in [2.05, 4.69) is 19.2 Å². The molecule has 0 aliphatic carbocycles. The van der Waals surface area contributed by atoms with Gasteiger partial charge in [-0.3, -0.25) is 0 Å². The van der Waals surface area contributed by atoms with Gasteiger partial charge in [0.05, 0.1) is 12.3 Å². The number of ether oxygens (including phenoxy) is 1. The minimum atomic E-state index is -0.173. The van der Waals surface area contributed by atoms with Crippen LogP contribution in [0.4, 0.5) is 10.1 Å². The number of nitrogens with one attached hydrogen (secondary N) is 1. The van der Waals surface area contributed by atoms with Crippen LogP contribution in [0.15, 0.2) is 18.2 Å². The molecule has 4 heteroatoms. The molecule has 1 aromatic rings. The first-order chi connectivity index (χ1) is 9.56. The van der Waals surface area contributed by atoms with Gasteiger partial charge in [0.25, 0.3) is 0 Å². The highest BCUT2D eigenvalue weighted by Gasteiger charge is 2.12. The number of nitrogens with zero attached hydrogens (tertiary/aromatic N) is 1. The molecular formula is C16H27FN2O. The Bertz CT molecular complexity index is 396. The van der Waals surface area contributed by atoms with Crippen LogP contribution in [0.3, 0.4) is 0 Å². The van der Waals surface area contributed by atoms with E-state index in [0.29, 0.717) is 37.9 Å². The van der Waals surface area contributed by atoms with Crippen molar-refractivity contribution in [3.8, 4) is 0 Å². The van der Waals surface area contributed by atoms with E-state index in [0.717, 1.165) is 12.1 Å². The van der Waals surface area contributed by atoms with E-state index in [1.165, 1.54) is 6.07 Å². The first-order valence-electron chi connectivity index (χ1n) is 7.33. The molecule has 0 spiro atoms. The summed E-state index contributed by atoms with van der Waals surface area (Å²) in [6, 6.07) is 5.25. The number of rotatable bonds is 9. The minimum absolute atomic E-state index is 0.173. The molecule has 0 aliphatic heterocycles. The zero-order valence-electron chi connectivity index (χ0n) is 13.1. The summed E-state index contributed by atoms with van der Waals surface area (Å²) in [6.45, 7) is 9.88.